The van der Waals surface area contributed by atoms with Crippen LogP contribution >= 0.6 is 11.8 Å². The Bertz CT molecular complexity index is 585. The Labute approximate surface area is 118 Å². The van der Waals surface area contributed by atoms with Crippen molar-refractivity contribution in [1.29, 1.82) is 0 Å². The van der Waals surface area contributed by atoms with Crippen molar-refractivity contribution in [3.8, 4) is 11.4 Å². The number of aromatic nitrogens is 3. The molecule has 1 aromatic carbocycles. The van der Waals surface area contributed by atoms with Crippen LogP contribution in [0.5, 0.6) is 5.75 Å². The van der Waals surface area contributed by atoms with Crippen LogP contribution in [0.25, 0.3) is 5.69 Å². The first-order chi connectivity index (χ1) is 9.41. The van der Waals surface area contributed by atoms with E-state index in [1.165, 1.54) is 18.0 Å². The van der Waals surface area contributed by atoms with Crippen molar-refractivity contribution in [2.24, 2.45) is 0 Å². The van der Waals surface area contributed by atoms with Crippen molar-refractivity contribution in [2.45, 2.75) is 23.5 Å². The average molecular weight is 303 g/mol. The molecule has 0 aliphatic carbocycles. The fourth-order valence-electron chi connectivity index (χ4n) is 1.47. The molecule has 20 heavy (non-hydrogen) atoms. The summed E-state index contributed by atoms with van der Waals surface area (Å²) in [6.07, 6.45) is -2.91. The molecule has 0 amide bonds. The number of hydrogen-bond acceptors (Lipinski definition) is 4. The van der Waals surface area contributed by atoms with E-state index in [0.717, 1.165) is 6.92 Å². The van der Waals surface area contributed by atoms with Gasteiger partial charge in [0, 0.05) is 6.07 Å². The van der Waals surface area contributed by atoms with Gasteiger partial charge in [0.15, 0.2) is 5.16 Å². The molecule has 108 valence electrons. The molecule has 0 N–H and O–H groups in total. The third-order valence-corrected chi connectivity index (χ3v) is 3.70. The minimum Gasteiger partial charge on any atom is -0.497 e. The molecule has 1 heterocycles. The minimum atomic E-state index is -4.28. The lowest BCUT2D eigenvalue weighted by atomic mass is 10.3. The smallest absolute Gasteiger partial charge is 0.400 e. The van der Waals surface area contributed by atoms with Crippen LogP contribution in [0.15, 0.2) is 35.7 Å². The van der Waals surface area contributed by atoms with E-state index in [1.54, 1.807) is 24.3 Å². The molecule has 0 saturated heterocycles. The Kier molecular flexibility index (Phi) is 4.22. The lowest BCUT2D eigenvalue weighted by molar-refractivity contribution is -0.125. The summed E-state index contributed by atoms with van der Waals surface area (Å²) >= 11 is 0.616. The highest BCUT2D eigenvalue weighted by atomic mass is 32.2. The Hall–Kier alpha value is -1.70. The van der Waals surface area contributed by atoms with Gasteiger partial charge >= 0.3 is 6.18 Å². The highest BCUT2D eigenvalue weighted by Gasteiger charge is 2.37. The molecular formula is C12H12F3N3OS. The molecule has 2 aromatic rings. The van der Waals surface area contributed by atoms with E-state index >= 15 is 0 Å². The second-order valence-corrected chi connectivity index (χ2v) is 5.29. The summed E-state index contributed by atoms with van der Waals surface area (Å²) in [6.45, 7) is 1.09. The third-order valence-electron chi connectivity index (χ3n) is 2.59. The normalized spacial score (nSPS) is 13.2. The number of alkyl halides is 3. The SMILES string of the molecule is COc1cccc(-n2cnnc2SC(C)C(F)(F)F)c1. The van der Waals surface area contributed by atoms with Gasteiger partial charge in [-0.1, -0.05) is 17.8 Å². The Morgan fingerprint density at radius 2 is 2.10 bits per heavy atom. The zero-order chi connectivity index (χ0) is 14.8. The maximum absolute atomic E-state index is 12.6. The monoisotopic (exact) mass is 303 g/mol. The van der Waals surface area contributed by atoms with Gasteiger partial charge in [-0.05, 0) is 19.1 Å². The summed E-state index contributed by atoms with van der Waals surface area (Å²) in [7, 11) is 1.52. The topological polar surface area (TPSA) is 39.9 Å². The first-order valence-corrected chi connectivity index (χ1v) is 6.57. The molecule has 0 saturated carbocycles. The Balaban J connectivity index is 2.28. The van der Waals surface area contributed by atoms with Gasteiger partial charge in [0.2, 0.25) is 0 Å². The number of thioether (sulfide) groups is 1. The molecule has 1 unspecified atom stereocenters. The lowest BCUT2D eigenvalue weighted by Crippen LogP contribution is -2.22. The van der Waals surface area contributed by atoms with E-state index in [0.29, 0.717) is 23.2 Å². The molecular weight excluding hydrogens is 291 g/mol. The van der Waals surface area contributed by atoms with Crippen LogP contribution in [0.4, 0.5) is 13.2 Å². The zero-order valence-electron chi connectivity index (χ0n) is 10.8. The molecule has 1 atom stereocenters. The van der Waals surface area contributed by atoms with Crippen LogP contribution in [-0.4, -0.2) is 33.3 Å². The van der Waals surface area contributed by atoms with Gasteiger partial charge in [-0.15, -0.1) is 10.2 Å². The summed E-state index contributed by atoms with van der Waals surface area (Å²) < 4.78 is 44.4. The van der Waals surface area contributed by atoms with E-state index in [2.05, 4.69) is 10.2 Å². The maximum Gasteiger partial charge on any atom is 0.400 e. The Morgan fingerprint density at radius 1 is 1.35 bits per heavy atom. The number of benzene rings is 1. The highest BCUT2D eigenvalue weighted by Crippen LogP contribution is 2.34. The summed E-state index contributed by atoms with van der Waals surface area (Å²) in [5.74, 6) is 0.607. The number of nitrogens with zero attached hydrogens (tertiary/aromatic N) is 3. The lowest BCUT2D eigenvalue weighted by Gasteiger charge is -2.15. The van der Waals surface area contributed by atoms with E-state index in [9.17, 15) is 13.2 Å². The largest absolute Gasteiger partial charge is 0.497 e. The number of hydrogen-bond donors (Lipinski definition) is 0. The van der Waals surface area contributed by atoms with Crippen molar-refractivity contribution in [3.05, 3.63) is 30.6 Å². The first-order valence-electron chi connectivity index (χ1n) is 5.69. The molecule has 0 fully saturated rings. The fraction of sp³-hybridized carbons (Fsp3) is 0.333. The van der Waals surface area contributed by atoms with E-state index in [4.69, 9.17) is 4.74 Å². The molecule has 1 aromatic heterocycles. The molecule has 4 nitrogen and oxygen atoms in total. The van der Waals surface area contributed by atoms with Gasteiger partial charge in [0.25, 0.3) is 0 Å². The summed E-state index contributed by atoms with van der Waals surface area (Å²) in [5.41, 5.74) is 0.645. The molecule has 8 heteroatoms. The summed E-state index contributed by atoms with van der Waals surface area (Å²) in [4.78, 5) is 0. The molecule has 0 spiro atoms. The fourth-order valence-corrected chi connectivity index (χ4v) is 2.28. The van der Waals surface area contributed by atoms with E-state index in [1.807, 2.05) is 0 Å². The van der Waals surface area contributed by atoms with Crippen molar-refractivity contribution in [3.63, 3.8) is 0 Å². The second kappa shape index (κ2) is 5.74. The van der Waals surface area contributed by atoms with Crippen LogP contribution in [0.1, 0.15) is 6.92 Å². The van der Waals surface area contributed by atoms with Crippen LogP contribution in [0, 0.1) is 0 Å². The van der Waals surface area contributed by atoms with Crippen LogP contribution < -0.4 is 4.74 Å². The molecule has 0 aliphatic heterocycles. The predicted molar refractivity (Wildman–Crippen MR) is 69.3 cm³/mol. The summed E-state index contributed by atoms with van der Waals surface area (Å²) in [5, 5.41) is 6.03. The second-order valence-electron chi connectivity index (χ2n) is 3.99. The van der Waals surface area contributed by atoms with Crippen molar-refractivity contribution >= 4 is 11.8 Å². The summed E-state index contributed by atoms with van der Waals surface area (Å²) in [6, 6.07) is 6.94. The van der Waals surface area contributed by atoms with E-state index < -0.39 is 11.4 Å². The number of ether oxygens (including phenoxy) is 1. The molecule has 0 aliphatic rings. The van der Waals surface area contributed by atoms with Crippen molar-refractivity contribution < 1.29 is 17.9 Å². The van der Waals surface area contributed by atoms with Gasteiger partial charge in [0.05, 0.1) is 12.8 Å². The maximum atomic E-state index is 12.6. The molecule has 0 radical (unpaired) electrons. The van der Waals surface area contributed by atoms with Crippen molar-refractivity contribution in [1.82, 2.24) is 14.8 Å². The number of methoxy groups -OCH3 is 1. The standard InChI is InChI=1S/C12H12F3N3OS/c1-8(12(13,14)15)20-11-17-16-7-18(11)9-4-3-5-10(6-9)19-2/h3-8H,1-2H3. The number of halogens is 3. The van der Waals surface area contributed by atoms with E-state index in [-0.39, 0.29) is 5.16 Å². The third kappa shape index (κ3) is 3.24. The minimum absolute atomic E-state index is 0.183. The van der Waals surface area contributed by atoms with Gasteiger partial charge in [-0.3, -0.25) is 4.57 Å². The highest BCUT2D eigenvalue weighted by molar-refractivity contribution is 7.99. The van der Waals surface area contributed by atoms with Gasteiger partial charge in [-0.25, -0.2) is 0 Å². The van der Waals surface area contributed by atoms with Crippen molar-refractivity contribution in [2.75, 3.05) is 7.11 Å². The predicted octanol–water partition coefficient (Wildman–Crippen LogP) is 3.32. The Morgan fingerprint density at radius 3 is 2.75 bits per heavy atom. The van der Waals surface area contributed by atoms with Crippen LogP contribution in [-0.2, 0) is 0 Å². The zero-order valence-corrected chi connectivity index (χ0v) is 11.6. The van der Waals surface area contributed by atoms with Gasteiger partial charge < -0.3 is 4.74 Å². The number of rotatable bonds is 4. The first kappa shape index (κ1) is 14.7. The van der Waals surface area contributed by atoms with Crippen LogP contribution in [0.2, 0.25) is 0 Å². The van der Waals surface area contributed by atoms with Crippen LogP contribution in [0.3, 0.4) is 0 Å². The van der Waals surface area contributed by atoms with Gasteiger partial charge in [-0.2, -0.15) is 13.2 Å². The molecule has 2 rings (SSSR count). The molecule has 0 bridgehead atoms. The van der Waals surface area contributed by atoms with Gasteiger partial charge in [0.1, 0.15) is 17.3 Å². The quantitative estimate of drug-likeness (QED) is 0.812. The average Bonchev–Trinajstić information content (AvgIpc) is 2.86.